The van der Waals surface area contributed by atoms with E-state index in [4.69, 9.17) is 27.2 Å². The maximum Gasteiger partial charge on any atom is 0.123 e. The van der Waals surface area contributed by atoms with Crippen LogP contribution in [0.25, 0.3) is 0 Å². The zero-order valence-corrected chi connectivity index (χ0v) is 14.4. The van der Waals surface area contributed by atoms with Gasteiger partial charge in [0.05, 0.1) is 29.5 Å². The summed E-state index contributed by atoms with van der Waals surface area (Å²) in [4.78, 5) is 2.12. The summed E-state index contributed by atoms with van der Waals surface area (Å²) >= 11 is 6.46. The third kappa shape index (κ3) is 4.22. The summed E-state index contributed by atoms with van der Waals surface area (Å²) < 4.78 is 18.6. The Morgan fingerprint density at radius 3 is 2.72 bits per heavy atom. The molecule has 2 aromatic carbocycles. The highest BCUT2D eigenvalue weighted by Crippen LogP contribution is 2.36. The molecular formula is C18H21ClFN3O2. The van der Waals surface area contributed by atoms with Crippen molar-refractivity contribution >= 4 is 17.3 Å². The van der Waals surface area contributed by atoms with Crippen LogP contribution in [0.2, 0.25) is 5.02 Å². The second-order valence-electron chi connectivity index (χ2n) is 5.92. The van der Waals surface area contributed by atoms with Crippen molar-refractivity contribution < 1.29 is 14.2 Å². The highest BCUT2D eigenvalue weighted by molar-refractivity contribution is 6.33. The number of aliphatic hydroxyl groups excluding tert-OH is 1. The smallest absolute Gasteiger partial charge is 0.123 e. The number of halogens is 2. The van der Waals surface area contributed by atoms with Gasteiger partial charge in [-0.1, -0.05) is 23.7 Å². The van der Waals surface area contributed by atoms with Crippen LogP contribution in [0, 0.1) is 5.82 Å². The fourth-order valence-electron chi connectivity index (χ4n) is 3.00. The Hall–Kier alpha value is -1.86. The lowest BCUT2D eigenvalue weighted by Gasteiger charge is -2.41. The van der Waals surface area contributed by atoms with E-state index in [1.807, 2.05) is 12.1 Å². The lowest BCUT2D eigenvalue weighted by Crippen LogP contribution is -2.56. The summed E-state index contributed by atoms with van der Waals surface area (Å²) in [5, 5.41) is 12.6. The van der Waals surface area contributed by atoms with Gasteiger partial charge in [0.2, 0.25) is 0 Å². The molecule has 0 spiro atoms. The van der Waals surface area contributed by atoms with E-state index in [9.17, 15) is 4.39 Å². The first-order chi connectivity index (χ1) is 12.1. The SMILES string of the molecule is N[C@@H]1CN(c2ccc(OCCO)cc2Cl)[C@H](c2ccc(F)cc2)CN1. The van der Waals surface area contributed by atoms with Gasteiger partial charge in [-0.05, 0) is 29.8 Å². The number of hydrogen-bond acceptors (Lipinski definition) is 5. The molecule has 5 nitrogen and oxygen atoms in total. The Balaban J connectivity index is 1.89. The zero-order valence-electron chi connectivity index (χ0n) is 13.7. The van der Waals surface area contributed by atoms with E-state index >= 15 is 0 Å². The van der Waals surface area contributed by atoms with Crippen molar-refractivity contribution in [3.63, 3.8) is 0 Å². The van der Waals surface area contributed by atoms with Crippen LogP contribution >= 0.6 is 11.6 Å². The molecule has 0 saturated carbocycles. The lowest BCUT2D eigenvalue weighted by atomic mass is 10.0. The molecule has 2 atom stereocenters. The third-order valence-corrected chi connectivity index (χ3v) is 4.49. The predicted octanol–water partition coefficient (Wildman–Crippen LogP) is 2.29. The number of nitrogens with zero attached hydrogens (tertiary/aromatic N) is 1. The molecule has 0 aromatic heterocycles. The van der Waals surface area contributed by atoms with Gasteiger partial charge in [0.25, 0.3) is 0 Å². The van der Waals surface area contributed by atoms with Crippen molar-refractivity contribution in [1.82, 2.24) is 5.32 Å². The van der Waals surface area contributed by atoms with Crippen LogP contribution in [0.1, 0.15) is 11.6 Å². The normalized spacial score (nSPS) is 20.6. The minimum atomic E-state index is -0.265. The average Bonchev–Trinajstić information content (AvgIpc) is 2.61. The van der Waals surface area contributed by atoms with Gasteiger partial charge in [0.1, 0.15) is 18.2 Å². The van der Waals surface area contributed by atoms with E-state index < -0.39 is 0 Å². The number of hydrogen-bond donors (Lipinski definition) is 3. The van der Waals surface area contributed by atoms with Crippen molar-refractivity contribution in [2.24, 2.45) is 5.73 Å². The number of nitrogens with two attached hydrogens (primary N) is 1. The molecule has 134 valence electrons. The van der Waals surface area contributed by atoms with Gasteiger partial charge in [-0.25, -0.2) is 4.39 Å². The fourth-order valence-corrected chi connectivity index (χ4v) is 3.28. The molecule has 7 heteroatoms. The van der Waals surface area contributed by atoms with Crippen molar-refractivity contribution in [1.29, 1.82) is 0 Å². The molecule has 0 bridgehead atoms. The monoisotopic (exact) mass is 365 g/mol. The first-order valence-electron chi connectivity index (χ1n) is 8.13. The maximum atomic E-state index is 13.2. The van der Waals surface area contributed by atoms with Crippen LogP contribution in [0.4, 0.5) is 10.1 Å². The third-order valence-electron chi connectivity index (χ3n) is 4.19. The molecule has 0 amide bonds. The Morgan fingerprint density at radius 1 is 1.28 bits per heavy atom. The quantitative estimate of drug-likeness (QED) is 0.758. The second kappa shape index (κ2) is 8.01. The van der Waals surface area contributed by atoms with Gasteiger partial charge in [0.15, 0.2) is 0 Å². The highest BCUT2D eigenvalue weighted by Gasteiger charge is 2.29. The molecule has 0 aliphatic carbocycles. The lowest BCUT2D eigenvalue weighted by molar-refractivity contribution is 0.201. The van der Waals surface area contributed by atoms with E-state index in [0.717, 1.165) is 11.3 Å². The van der Waals surface area contributed by atoms with Crippen LogP contribution in [-0.2, 0) is 0 Å². The maximum absolute atomic E-state index is 13.2. The molecule has 0 radical (unpaired) electrons. The number of nitrogens with one attached hydrogen (secondary N) is 1. The van der Waals surface area contributed by atoms with E-state index in [-0.39, 0.29) is 31.2 Å². The minimum absolute atomic E-state index is 0.0119. The highest BCUT2D eigenvalue weighted by atomic mass is 35.5. The van der Waals surface area contributed by atoms with Crippen LogP contribution in [0.3, 0.4) is 0 Å². The Morgan fingerprint density at radius 2 is 2.04 bits per heavy atom. The Labute approximate surface area is 151 Å². The van der Waals surface area contributed by atoms with E-state index in [0.29, 0.717) is 23.9 Å². The van der Waals surface area contributed by atoms with Gasteiger partial charge in [-0.3, -0.25) is 5.32 Å². The van der Waals surface area contributed by atoms with Crippen LogP contribution in [0.15, 0.2) is 42.5 Å². The van der Waals surface area contributed by atoms with Gasteiger partial charge < -0.3 is 20.5 Å². The fraction of sp³-hybridized carbons (Fsp3) is 0.333. The topological polar surface area (TPSA) is 70.8 Å². The summed E-state index contributed by atoms with van der Waals surface area (Å²) in [6.45, 7) is 1.36. The largest absolute Gasteiger partial charge is 0.491 e. The van der Waals surface area contributed by atoms with Crippen molar-refractivity contribution in [2.45, 2.75) is 12.2 Å². The minimum Gasteiger partial charge on any atom is -0.491 e. The van der Waals surface area contributed by atoms with E-state index in [1.165, 1.54) is 12.1 Å². The van der Waals surface area contributed by atoms with Crippen LogP contribution < -0.4 is 20.7 Å². The van der Waals surface area contributed by atoms with Crippen molar-refractivity contribution in [3.05, 3.63) is 58.9 Å². The number of rotatable bonds is 5. The van der Waals surface area contributed by atoms with Crippen molar-refractivity contribution in [2.75, 3.05) is 31.2 Å². The summed E-state index contributed by atoms with van der Waals surface area (Å²) in [5.41, 5.74) is 7.89. The molecule has 0 unspecified atom stereocenters. The Kier molecular flexibility index (Phi) is 5.75. The number of ether oxygens (including phenoxy) is 1. The van der Waals surface area contributed by atoms with Gasteiger partial charge in [0, 0.05) is 19.2 Å². The van der Waals surface area contributed by atoms with Gasteiger partial charge in [-0.15, -0.1) is 0 Å². The zero-order chi connectivity index (χ0) is 17.8. The van der Waals surface area contributed by atoms with Gasteiger partial charge >= 0.3 is 0 Å². The average molecular weight is 366 g/mol. The molecule has 1 saturated heterocycles. The molecule has 25 heavy (non-hydrogen) atoms. The van der Waals surface area contributed by atoms with E-state index in [2.05, 4.69) is 10.2 Å². The first kappa shape index (κ1) is 17.9. The summed E-state index contributed by atoms with van der Waals surface area (Å²) in [6, 6.07) is 11.9. The molecule has 1 heterocycles. The molecular weight excluding hydrogens is 345 g/mol. The standard InChI is InChI=1S/C18H21ClFN3O2/c19-15-9-14(25-8-7-24)5-6-16(15)23-11-18(21)22-10-17(23)12-1-3-13(20)4-2-12/h1-6,9,17-18,22,24H,7-8,10-11,21H2/t17-,18-/m0/s1. The van der Waals surface area contributed by atoms with Crippen molar-refractivity contribution in [3.8, 4) is 5.75 Å². The second-order valence-corrected chi connectivity index (χ2v) is 6.33. The molecule has 4 N–H and O–H groups in total. The number of aliphatic hydroxyl groups is 1. The Bertz CT molecular complexity index is 714. The number of benzene rings is 2. The molecule has 1 aliphatic rings. The first-order valence-corrected chi connectivity index (χ1v) is 8.50. The van der Waals surface area contributed by atoms with Crippen LogP contribution in [-0.4, -0.2) is 37.6 Å². The number of piperazine rings is 1. The summed E-state index contributed by atoms with van der Waals surface area (Å²) in [7, 11) is 0. The number of anilines is 1. The molecule has 1 fully saturated rings. The van der Waals surface area contributed by atoms with Crippen LogP contribution in [0.5, 0.6) is 5.75 Å². The molecule has 1 aliphatic heterocycles. The summed E-state index contributed by atoms with van der Waals surface area (Å²) in [5.74, 6) is 0.333. The predicted molar refractivity (Wildman–Crippen MR) is 96.5 cm³/mol. The summed E-state index contributed by atoms with van der Waals surface area (Å²) in [6.07, 6.45) is -0.182. The van der Waals surface area contributed by atoms with Gasteiger partial charge in [-0.2, -0.15) is 0 Å². The molecule has 3 rings (SSSR count). The van der Waals surface area contributed by atoms with E-state index in [1.54, 1.807) is 18.2 Å². The molecule has 2 aromatic rings.